The van der Waals surface area contributed by atoms with Crippen molar-refractivity contribution in [2.24, 2.45) is 0 Å². The van der Waals surface area contributed by atoms with Crippen LogP contribution in [0.4, 0.5) is 0 Å². The van der Waals surface area contributed by atoms with E-state index in [9.17, 15) is 9.90 Å². The van der Waals surface area contributed by atoms with Crippen molar-refractivity contribution in [2.75, 3.05) is 19.6 Å². The molecule has 5 nitrogen and oxygen atoms in total. The van der Waals surface area contributed by atoms with E-state index in [-0.39, 0.29) is 22.6 Å². The van der Waals surface area contributed by atoms with E-state index in [1.165, 1.54) is 6.42 Å². The van der Waals surface area contributed by atoms with Crippen LogP contribution in [0.25, 0.3) is 0 Å². The van der Waals surface area contributed by atoms with Gasteiger partial charge in [-0.2, -0.15) is 0 Å². The number of likely N-dealkylation sites (tertiary alicyclic amines) is 1. The van der Waals surface area contributed by atoms with E-state index < -0.39 is 5.72 Å². The van der Waals surface area contributed by atoms with E-state index in [1.807, 2.05) is 0 Å². The van der Waals surface area contributed by atoms with Gasteiger partial charge in [0.25, 0.3) is 5.91 Å². The van der Waals surface area contributed by atoms with Gasteiger partial charge < -0.3 is 15.2 Å². The van der Waals surface area contributed by atoms with Crippen molar-refractivity contribution in [1.82, 2.24) is 10.2 Å². The number of carbonyl (C=O) groups excluding carboxylic acids is 1. The number of rotatable bonds is 1. The number of piperidine rings is 1. The van der Waals surface area contributed by atoms with Gasteiger partial charge in [-0.05, 0) is 31.7 Å². The number of hydrogen-bond acceptors (Lipinski definition) is 4. The lowest BCUT2D eigenvalue weighted by Gasteiger charge is -2.43. The van der Waals surface area contributed by atoms with Gasteiger partial charge >= 0.3 is 0 Å². The molecule has 0 spiro atoms. The van der Waals surface area contributed by atoms with Crippen LogP contribution in [-0.2, 0) is 4.79 Å². The number of phenolic OH excluding ortho intramolecular Hbond substituents is 1. The number of hydrogen-bond donors (Lipinski definition) is 2. The van der Waals surface area contributed by atoms with E-state index in [1.54, 1.807) is 12.1 Å². The normalized spacial score (nSPS) is 30.8. The van der Waals surface area contributed by atoms with Crippen molar-refractivity contribution < 1.29 is 14.6 Å². The third-order valence-corrected chi connectivity index (χ3v) is 5.60. The van der Waals surface area contributed by atoms with Gasteiger partial charge in [0.15, 0.2) is 0 Å². The molecule has 3 heterocycles. The SMILES string of the molecule is O=C1NCCC[C@H]2c3cc(O)c(Cl)cc3OC12N1CCCCC1. The van der Waals surface area contributed by atoms with Crippen molar-refractivity contribution in [1.29, 1.82) is 0 Å². The highest BCUT2D eigenvalue weighted by molar-refractivity contribution is 6.32. The van der Waals surface area contributed by atoms with E-state index in [0.29, 0.717) is 12.3 Å². The van der Waals surface area contributed by atoms with Crippen molar-refractivity contribution in [2.45, 2.75) is 43.7 Å². The Balaban J connectivity index is 1.83. The summed E-state index contributed by atoms with van der Waals surface area (Å²) in [7, 11) is 0. The molecule has 3 aliphatic rings. The van der Waals surface area contributed by atoms with Crippen LogP contribution < -0.4 is 10.1 Å². The average Bonchev–Trinajstić information content (AvgIpc) is 2.77. The molecule has 0 aromatic heterocycles. The highest BCUT2D eigenvalue weighted by atomic mass is 35.5. The Kier molecular flexibility index (Phi) is 3.65. The summed E-state index contributed by atoms with van der Waals surface area (Å²) in [5.74, 6) is 0.545. The Labute approximate surface area is 140 Å². The molecule has 4 rings (SSSR count). The Morgan fingerprint density at radius 1 is 1.26 bits per heavy atom. The predicted octanol–water partition coefficient (Wildman–Crippen LogP) is 2.61. The van der Waals surface area contributed by atoms with Crippen LogP contribution in [0.5, 0.6) is 11.5 Å². The largest absolute Gasteiger partial charge is 0.506 e. The summed E-state index contributed by atoms with van der Waals surface area (Å²) in [6.07, 6.45) is 5.10. The maximum atomic E-state index is 13.0. The molecule has 23 heavy (non-hydrogen) atoms. The zero-order chi connectivity index (χ0) is 16.0. The van der Waals surface area contributed by atoms with Crippen LogP contribution >= 0.6 is 11.6 Å². The zero-order valence-electron chi connectivity index (χ0n) is 13.0. The molecular formula is C17H21ClN2O3. The quantitative estimate of drug-likeness (QED) is 0.827. The molecule has 2 saturated heterocycles. The predicted molar refractivity (Wildman–Crippen MR) is 86.9 cm³/mol. The lowest BCUT2D eigenvalue weighted by molar-refractivity contribution is -0.159. The van der Waals surface area contributed by atoms with Gasteiger partial charge in [0.2, 0.25) is 5.72 Å². The molecule has 1 unspecified atom stereocenters. The summed E-state index contributed by atoms with van der Waals surface area (Å²) >= 11 is 6.05. The van der Waals surface area contributed by atoms with Crippen LogP contribution in [0.1, 0.15) is 43.6 Å². The van der Waals surface area contributed by atoms with Crippen molar-refractivity contribution in [3.8, 4) is 11.5 Å². The summed E-state index contributed by atoms with van der Waals surface area (Å²) in [4.78, 5) is 15.2. The zero-order valence-corrected chi connectivity index (χ0v) is 13.7. The van der Waals surface area contributed by atoms with Crippen LogP contribution in [0.15, 0.2) is 12.1 Å². The molecule has 1 aromatic carbocycles. The molecule has 3 aliphatic heterocycles. The number of nitrogens with one attached hydrogen (secondary N) is 1. The molecule has 0 saturated carbocycles. The molecule has 0 aliphatic carbocycles. The van der Waals surface area contributed by atoms with Gasteiger partial charge in [0, 0.05) is 31.3 Å². The minimum atomic E-state index is -0.990. The summed E-state index contributed by atoms with van der Waals surface area (Å²) in [6, 6.07) is 3.31. The van der Waals surface area contributed by atoms with Crippen LogP contribution in [0.3, 0.4) is 0 Å². The standard InChI is InChI=1S/C17H21ClN2O3/c18-13-10-15-11(9-14(13)21)12-5-4-6-19-16(22)17(12,23-15)20-7-2-1-3-8-20/h9-10,12,21H,1-8H2,(H,19,22)/t12-,17?/m0/s1. The highest BCUT2D eigenvalue weighted by Gasteiger charge is 2.58. The molecule has 1 amide bonds. The van der Waals surface area contributed by atoms with E-state index in [2.05, 4.69) is 10.2 Å². The van der Waals surface area contributed by atoms with Crippen LogP contribution in [0, 0.1) is 0 Å². The maximum absolute atomic E-state index is 13.0. The second-order valence-electron chi connectivity index (χ2n) is 6.64. The Morgan fingerprint density at radius 3 is 2.83 bits per heavy atom. The lowest BCUT2D eigenvalue weighted by Crippen LogP contribution is -2.64. The molecule has 1 aromatic rings. The first-order chi connectivity index (χ1) is 11.1. The van der Waals surface area contributed by atoms with Crippen LogP contribution in [0.2, 0.25) is 5.02 Å². The maximum Gasteiger partial charge on any atom is 0.280 e. The summed E-state index contributed by atoms with van der Waals surface area (Å²) in [5, 5.41) is 13.3. The van der Waals surface area contributed by atoms with Gasteiger partial charge in [-0.25, -0.2) is 0 Å². The van der Waals surface area contributed by atoms with Crippen LogP contribution in [-0.4, -0.2) is 41.3 Å². The summed E-state index contributed by atoms with van der Waals surface area (Å²) < 4.78 is 6.28. The third kappa shape index (κ3) is 2.21. The first-order valence-electron chi connectivity index (χ1n) is 8.37. The summed E-state index contributed by atoms with van der Waals surface area (Å²) in [5.41, 5.74) is -0.0920. The molecule has 2 atom stereocenters. The average molecular weight is 337 g/mol. The van der Waals surface area contributed by atoms with Gasteiger partial charge in [-0.3, -0.25) is 9.69 Å². The third-order valence-electron chi connectivity index (χ3n) is 5.30. The fraction of sp³-hybridized carbons (Fsp3) is 0.588. The van der Waals surface area contributed by atoms with Gasteiger partial charge in [-0.15, -0.1) is 0 Å². The second kappa shape index (κ2) is 5.56. The van der Waals surface area contributed by atoms with Crippen molar-refractivity contribution >= 4 is 17.5 Å². The van der Waals surface area contributed by atoms with Crippen molar-refractivity contribution in [3.63, 3.8) is 0 Å². The molecule has 2 N–H and O–H groups in total. The minimum Gasteiger partial charge on any atom is -0.506 e. The molecule has 2 fully saturated rings. The van der Waals surface area contributed by atoms with Gasteiger partial charge in [0.05, 0.1) is 10.9 Å². The molecule has 124 valence electrons. The molecule has 0 bridgehead atoms. The Hall–Kier alpha value is -1.46. The van der Waals surface area contributed by atoms with E-state index in [0.717, 1.165) is 44.3 Å². The smallest absolute Gasteiger partial charge is 0.280 e. The fourth-order valence-electron chi connectivity index (χ4n) is 4.22. The molecular weight excluding hydrogens is 316 g/mol. The number of nitrogens with zero attached hydrogens (tertiary/aromatic N) is 1. The lowest BCUT2D eigenvalue weighted by atomic mass is 9.84. The van der Waals surface area contributed by atoms with Gasteiger partial charge in [-0.1, -0.05) is 18.0 Å². The topological polar surface area (TPSA) is 61.8 Å². The second-order valence-corrected chi connectivity index (χ2v) is 7.05. The number of benzene rings is 1. The number of carbonyl (C=O) groups is 1. The number of phenols is 1. The molecule has 0 radical (unpaired) electrons. The highest BCUT2D eigenvalue weighted by Crippen LogP contribution is 2.52. The Morgan fingerprint density at radius 2 is 2.04 bits per heavy atom. The molecule has 6 heteroatoms. The van der Waals surface area contributed by atoms with Gasteiger partial charge in [0.1, 0.15) is 11.5 Å². The van der Waals surface area contributed by atoms with E-state index in [4.69, 9.17) is 16.3 Å². The monoisotopic (exact) mass is 336 g/mol. The first kappa shape index (κ1) is 15.1. The number of halogens is 1. The number of ether oxygens (including phenoxy) is 1. The summed E-state index contributed by atoms with van der Waals surface area (Å²) in [6.45, 7) is 2.39. The van der Waals surface area contributed by atoms with Crippen molar-refractivity contribution in [3.05, 3.63) is 22.7 Å². The number of amides is 1. The first-order valence-corrected chi connectivity index (χ1v) is 8.75. The Bertz CT molecular complexity index is 645. The van der Waals surface area contributed by atoms with E-state index >= 15 is 0 Å². The fourth-order valence-corrected chi connectivity index (χ4v) is 4.37. The minimum absolute atomic E-state index is 0.0492. The number of fused-ring (bicyclic) bond motifs is 3. The number of aromatic hydroxyl groups is 1.